The van der Waals surface area contributed by atoms with E-state index in [-0.39, 0.29) is 17.7 Å². The molecule has 0 radical (unpaired) electrons. The van der Waals surface area contributed by atoms with Crippen molar-refractivity contribution in [3.05, 3.63) is 17.5 Å². The fourth-order valence-electron chi connectivity index (χ4n) is 4.06. The van der Waals surface area contributed by atoms with E-state index in [0.29, 0.717) is 32.7 Å². The molecule has 0 spiro atoms. The van der Waals surface area contributed by atoms with Gasteiger partial charge in [0.1, 0.15) is 5.41 Å². The molecule has 3 heterocycles. The molecule has 1 saturated carbocycles. The predicted octanol–water partition coefficient (Wildman–Crippen LogP) is 0.738. The van der Waals surface area contributed by atoms with Crippen LogP contribution in [0.25, 0.3) is 0 Å². The second kappa shape index (κ2) is 5.06. The highest BCUT2D eigenvalue weighted by Gasteiger charge is 2.59. The Labute approximate surface area is 134 Å². The highest BCUT2D eigenvalue weighted by atomic mass is 16.5. The van der Waals surface area contributed by atoms with E-state index >= 15 is 0 Å². The molecule has 1 N–H and O–H groups in total. The van der Waals surface area contributed by atoms with Gasteiger partial charge in [0.15, 0.2) is 5.76 Å². The van der Waals surface area contributed by atoms with Crippen LogP contribution in [0.4, 0.5) is 0 Å². The van der Waals surface area contributed by atoms with Crippen molar-refractivity contribution in [2.75, 3.05) is 26.2 Å². The van der Waals surface area contributed by atoms with Gasteiger partial charge in [-0.15, -0.1) is 0 Å². The summed E-state index contributed by atoms with van der Waals surface area (Å²) in [7, 11) is 0. The topological polar surface area (TPSA) is 86.9 Å². The summed E-state index contributed by atoms with van der Waals surface area (Å²) in [4.78, 5) is 28.1. The molecule has 3 aliphatic rings. The molecule has 3 fully saturated rings. The van der Waals surface area contributed by atoms with E-state index in [9.17, 15) is 14.7 Å². The van der Waals surface area contributed by atoms with Crippen molar-refractivity contribution < 1.29 is 19.2 Å². The predicted molar refractivity (Wildman–Crippen MR) is 79.4 cm³/mol. The number of aryl methyl sites for hydroxylation is 1. The number of aliphatic carboxylic acids is 1. The number of aromatic nitrogens is 1. The van der Waals surface area contributed by atoms with Crippen LogP contribution in [0.1, 0.15) is 24.3 Å². The number of likely N-dealkylation sites (tertiary alicyclic amines) is 2. The Kier molecular flexibility index (Phi) is 3.23. The third kappa shape index (κ3) is 2.43. The number of carbonyl (C=O) groups excluding carboxylic acids is 1. The van der Waals surface area contributed by atoms with Crippen molar-refractivity contribution in [3.63, 3.8) is 0 Å². The zero-order chi connectivity index (χ0) is 16.2. The van der Waals surface area contributed by atoms with Gasteiger partial charge in [-0.2, -0.15) is 0 Å². The van der Waals surface area contributed by atoms with Crippen molar-refractivity contribution in [2.45, 2.75) is 26.3 Å². The van der Waals surface area contributed by atoms with E-state index < -0.39 is 11.4 Å². The van der Waals surface area contributed by atoms with Crippen LogP contribution in [0.5, 0.6) is 0 Å². The Hall–Kier alpha value is -1.89. The van der Waals surface area contributed by atoms with E-state index in [2.05, 4.69) is 10.1 Å². The fourth-order valence-corrected chi connectivity index (χ4v) is 4.06. The maximum atomic E-state index is 12.3. The Morgan fingerprint density at radius 2 is 2.17 bits per heavy atom. The number of carboxylic acids is 1. The van der Waals surface area contributed by atoms with Crippen LogP contribution in [0.2, 0.25) is 0 Å². The van der Waals surface area contributed by atoms with Gasteiger partial charge in [-0.25, -0.2) is 0 Å². The molecule has 124 valence electrons. The van der Waals surface area contributed by atoms with E-state index in [0.717, 1.165) is 24.3 Å². The second-order valence-corrected chi connectivity index (χ2v) is 7.26. The van der Waals surface area contributed by atoms with Crippen LogP contribution in [0.3, 0.4) is 0 Å². The summed E-state index contributed by atoms with van der Waals surface area (Å²) in [5, 5.41) is 13.7. The SMILES string of the molecule is Cc1cc(CN2C[C@H]3CN(C(=O)C4CC4)C[C@@]3(C(=O)O)C2)on1. The van der Waals surface area contributed by atoms with Crippen LogP contribution < -0.4 is 0 Å². The summed E-state index contributed by atoms with van der Waals surface area (Å²) in [5.41, 5.74) is -0.00636. The third-order valence-electron chi connectivity index (χ3n) is 5.40. The molecule has 1 aromatic heterocycles. The molecule has 2 atom stereocenters. The average Bonchev–Trinajstić information content (AvgIpc) is 3.04. The number of nitrogens with zero attached hydrogens (tertiary/aromatic N) is 3. The van der Waals surface area contributed by atoms with Crippen LogP contribution in [-0.4, -0.2) is 58.1 Å². The maximum Gasteiger partial charge on any atom is 0.313 e. The van der Waals surface area contributed by atoms with Gasteiger partial charge in [0.25, 0.3) is 0 Å². The lowest BCUT2D eigenvalue weighted by molar-refractivity contribution is -0.149. The lowest BCUT2D eigenvalue weighted by Gasteiger charge is -2.25. The molecule has 7 nitrogen and oxygen atoms in total. The standard InChI is InChI=1S/C16H21N3O4/c1-10-4-13(23-17-10)7-18-5-12-6-19(14(20)11-2-3-11)9-16(12,8-18)15(21)22/h4,11-12H,2-3,5-9H2,1H3,(H,21,22)/t12-,16-/m0/s1. The summed E-state index contributed by atoms with van der Waals surface area (Å²) in [6.45, 7) is 4.48. The quantitative estimate of drug-likeness (QED) is 0.881. The van der Waals surface area contributed by atoms with E-state index in [1.54, 1.807) is 4.90 Å². The number of hydrogen-bond donors (Lipinski definition) is 1. The highest BCUT2D eigenvalue weighted by Crippen LogP contribution is 2.45. The van der Waals surface area contributed by atoms with E-state index in [1.165, 1.54) is 0 Å². The monoisotopic (exact) mass is 319 g/mol. The Morgan fingerprint density at radius 3 is 2.74 bits per heavy atom. The molecule has 0 unspecified atom stereocenters. The highest BCUT2D eigenvalue weighted by molar-refractivity contribution is 5.84. The van der Waals surface area contributed by atoms with Gasteiger partial charge in [0.2, 0.25) is 5.91 Å². The molecule has 7 heteroatoms. The van der Waals surface area contributed by atoms with Crippen molar-refractivity contribution in [3.8, 4) is 0 Å². The zero-order valence-corrected chi connectivity index (χ0v) is 13.2. The van der Waals surface area contributed by atoms with Crippen molar-refractivity contribution in [1.82, 2.24) is 15.0 Å². The molecule has 1 amide bonds. The molecular formula is C16H21N3O4. The lowest BCUT2D eigenvalue weighted by atomic mass is 9.81. The number of fused-ring (bicyclic) bond motifs is 1. The fraction of sp³-hybridized carbons (Fsp3) is 0.688. The molecule has 23 heavy (non-hydrogen) atoms. The molecule has 4 rings (SSSR count). The second-order valence-electron chi connectivity index (χ2n) is 7.26. The van der Waals surface area contributed by atoms with Gasteiger partial charge in [0.05, 0.1) is 12.2 Å². The number of hydrogen-bond acceptors (Lipinski definition) is 5. The normalized spacial score (nSPS) is 30.7. The first-order valence-corrected chi connectivity index (χ1v) is 8.15. The largest absolute Gasteiger partial charge is 0.481 e. The minimum Gasteiger partial charge on any atom is -0.481 e. The number of carboxylic acid groups (broad SMARTS) is 1. The Morgan fingerprint density at radius 1 is 1.39 bits per heavy atom. The van der Waals surface area contributed by atoms with Gasteiger partial charge in [-0.3, -0.25) is 14.5 Å². The van der Waals surface area contributed by atoms with Gasteiger partial charge in [0, 0.05) is 44.1 Å². The van der Waals surface area contributed by atoms with Gasteiger partial charge >= 0.3 is 5.97 Å². The number of carbonyl (C=O) groups is 2. The Bertz CT molecular complexity index is 654. The summed E-state index contributed by atoms with van der Waals surface area (Å²) < 4.78 is 5.24. The summed E-state index contributed by atoms with van der Waals surface area (Å²) in [5.74, 6) is 0.260. The minimum atomic E-state index is -0.834. The molecule has 2 aliphatic heterocycles. The summed E-state index contributed by atoms with van der Waals surface area (Å²) in [6.07, 6.45) is 1.91. The van der Waals surface area contributed by atoms with E-state index in [1.807, 2.05) is 13.0 Å². The number of amides is 1. The molecule has 0 aromatic carbocycles. The average molecular weight is 319 g/mol. The van der Waals surface area contributed by atoms with Gasteiger partial charge < -0.3 is 14.5 Å². The molecule has 1 aromatic rings. The van der Waals surface area contributed by atoms with E-state index in [4.69, 9.17) is 4.52 Å². The molecule has 1 aliphatic carbocycles. The first-order chi connectivity index (χ1) is 11.0. The number of rotatable bonds is 4. The van der Waals surface area contributed by atoms with Crippen LogP contribution >= 0.6 is 0 Å². The Balaban J connectivity index is 1.48. The van der Waals surface area contributed by atoms with Gasteiger partial charge in [-0.1, -0.05) is 5.16 Å². The van der Waals surface area contributed by atoms with Crippen molar-refractivity contribution >= 4 is 11.9 Å². The molecular weight excluding hydrogens is 298 g/mol. The molecule has 2 saturated heterocycles. The van der Waals surface area contributed by atoms with Crippen molar-refractivity contribution in [1.29, 1.82) is 0 Å². The van der Waals surface area contributed by atoms with Crippen molar-refractivity contribution in [2.24, 2.45) is 17.3 Å². The van der Waals surface area contributed by atoms with Crippen LogP contribution in [-0.2, 0) is 16.1 Å². The first-order valence-electron chi connectivity index (χ1n) is 8.15. The van der Waals surface area contributed by atoms with Crippen LogP contribution in [0.15, 0.2) is 10.6 Å². The third-order valence-corrected chi connectivity index (χ3v) is 5.40. The maximum absolute atomic E-state index is 12.3. The summed E-state index contributed by atoms with van der Waals surface area (Å²) >= 11 is 0. The molecule has 0 bridgehead atoms. The van der Waals surface area contributed by atoms with Crippen LogP contribution in [0, 0.1) is 24.2 Å². The smallest absolute Gasteiger partial charge is 0.313 e. The minimum absolute atomic E-state index is 0.00767. The summed E-state index contributed by atoms with van der Waals surface area (Å²) in [6, 6.07) is 1.88. The zero-order valence-electron chi connectivity index (χ0n) is 13.2. The first kappa shape index (κ1) is 14.7. The lowest BCUT2D eigenvalue weighted by Crippen LogP contribution is -2.42. The van der Waals surface area contributed by atoms with Gasteiger partial charge in [-0.05, 0) is 19.8 Å².